The van der Waals surface area contributed by atoms with E-state index in [9.17, 15) is 0 Å². The third-order valence-corrected chi connectivity index (χ3v) is 2.21. The lowest BCUT2D eigenvalue weighted by molar-refractivity contribution is 0.350. The van der Waals surface area contributed by atoms with Gasteiger partial charge in [-0.15, -0.1) is 0 Å². The van der Waals surface area contributed by atoms with Gasteiger partial charge in [0.2, 0.25) is 0 Å². The Morgan fingerprint density at radius 1 is 1.43 bits per heavy atom. The van der Waals surface area contributed by atoms with Crippen molar-refractivity contribution in [2.45, 2.75) is 40.2 Å². The third kappa shape index (κ3) is 3.92. The van der Waals surface area contributed by atoms with Gasteiger partial charge in [0.15, 0.2) is 0 Å². The second-order valence-corrected chi connectivity index (χ2v) is 4.95. The van der Waals surface area contributed by atoms with E-state index >= 15 is 0 Å². The van der Waals surface area contributed by atoms with Crippen LogP contribution >= 0.6 is 0 Å². The summed E-state index contributed by atoms with van der Waals surface area (Å²) in [6, 6.07) is 0. The number of hydrogen-bond acceptors (Lipinski definition) is 2. The van der Waals surface area contributed by atoms with E-state index in [2.05, 4.69) is 36.5 Å². The molecular weight excluding hydrogens is 174 g/mol. The molecule has 0 aliphatic heterocycles. The Morgan fingerprint density at radius 2 is 2.14 bits per heavy atom. The van der Waals surface area contributed by atoms with Crippen LogP contribution in [-0.4, -0.2) is 16.1 Å². The minimum Gasteiger partial charge on any atom is -0.337 e. The highest BCUT2D eigenvalue weighted by Crippen LogP contribution is 2.19. The average molecular weight is 195 g/mol. The number of imidazole rings is 1. The lowest BCUT2D eigenvalue weighted by atomic mass is 9.92. The van der Waals surface area contributed by atoms with E-state index in [1.165, 1.54) is 6.42 Å². The van der Waals surface area contributed by atoms with Crippen molar-refractivity contribution in [2.24, 2.45) is 11.1 Å². The highest BCUT2D eigenvalue weighted by atomic mass is 15.0. The SMILES string of the molecule is CC(C)(C)CCn1cnc(CCN)c1. The molecule has 1 aromatic rings. The van der Waals surface area contributed by atoms with E-state index in [0.29, 0.717) is 12.0 Å². The normalized spacial score (nSPS) is 12.0. The minimum absolute atomic E-state index is 0.387. The smallest absolute Gasteiger partial charge is 0.0949 e. The van der Waals surface area contributed by atoms with E-state index in [1.807, 2.05) is 6.33 Å². The summed E-state index contributed by atoms with van der Waals surface area (Å²) in [5.41, 5.74) is 6.95. The Morgan fingerprint density at radius 3 is 2.71 bits per heavy atom. The van der Waals surface area contributed by atoms with Crippen LogP contribution in [0.15, 0.2) is 12.5 Å². The summed E-state index contributed by atoms with van der Waals surface area (Å²) in [5.74, 6) is 0. The molecule has 0 aliphatic rings. The van der Waals surface area contributed by atoms with Crippen molar-refractivity contribution in [3.8, 4) is 0 Å². The van der Waals surface area contributed by atoms with Crippen LogP contribution < -0.4 is 5.73 Å². The molecule has 1 heterocycles. The number of hydrogen-bond donors (Lipinski definition) is 1. The van der Waals surface area contributed by atoms with Crippen LogP contribution in [0, 0.1) is 5.41 Å². The first-order valence-corrected chi connectivity index (χ1v) is 5.22. The zero-order valence-corrected chi connectivity index (χ0v) is 9.45. The van der Waals surface area contributed by atoms with Crippen molar-refractivity contribution in [2.75, 3.05) is 6.54 Å². The van der Waals surface area contributed by atoms with Crippen LogP contribution in [-0.2, 0) is 13.0 Å². The Labute approximate surface area is 86.3 Å². The van der Waals surface area contributed by atoms with Crippen molar-refractivity contribution in [1.29, 1.82) is 0 Å². The second-order valence-electron chi connectivity index (χ2n) is 4.95. The van der Waals surface area contributed by atoms with Crippen molar-refractivity contribution in [1.82, 2.24) is 9.55 Å². The molecule has 80 valence electrons. The van der Waals surface area contributed by atoms with Gasteiger partial charge in [0.25, 0.3) is 0 Å². The number of rotatable bonds is 4. The summed E-state index contributed by atoms with van der Waals surface area (Å²) in [4.78, 5) is 4.29. The first-order valence-electron chi connectivity index (χ1n) is 5.22. The number of aromatic nitrogens is 2. The molecule has 3 nitrogen and oxygen atoms in total. The summed E-state index contributed by atoms with van der Waals surface area (Å²) in [6.07, 6.45) is 6.04. The highest BCUT2D eigenvalue weighted by Gasteiger charge is 2.09. The van der Waals surface area contributed by atoms with Gasteiger partial charge in [-0.1, -0.05) is 20.8 Å². The van der Waals surface area contributed by atoms with Crippen molar-refractivity contribution < 1.29 is 0 Å². The van der Waals surface area contributed by atoms with Gasteiger partial charge in [-0.05, 0) is 18.4 Å². The van der Waals surface area contributed by atoms with Gasteiger partial charge in [-0.25, -0.2) is 4.98 Å². The van der Waals surface area contributed by atoms with Crippen LogP contribution in [0.4, 0.5) is 0 Å². The van der Waals surface area contributed by atoms with Gasteiger partial charge >= 0.3 is 0 Å². The lowest BCUT2D eigenvalue weighted by Crippen LogP contribution is -2.09. The molecule has 0 unspecified atom stereocenters. The molecular formula is C11H21N3. The fraction of sp³-hybridized carbons (Fsp3) is 0.727. The maximum absolute atomic E-state index is 5.46. The van der Waals surface area contributed by atoms with E-state index in [-0.39, 0.29) is 0 Å². The van der Waals surface area contributed by atoms with E-state index in [1.54, 1.807) is 0 Å². The standard InChI is InChI=1S/C11H21N3/c1-11(2,3)5-7-14-8-10(4-6-12)13-9-14/h8-9H,4-7,12H2,1-3H3. The van der Waals surface area contributed by atoms with Crippen molar-refractivity contribution >= 4 is 0 Å². The average Bonchev–Trinajstić information content (AvgIpc) is 2.49. The van der Waals surface area contributed by atoms with Crippen molar-refractivity contribution in [3.05, 3.63) is 18.2 Å². The van der Waals surface area contributed by atoms with Crippen LogP contribution in [0.3, 0.4) is 0 Å². The minimum atomic E-state index is 0.387. The molecule has 0 amide bonds. The quantitative estimate of drug-likeness (QED) is 0.796. The molecule has 0 saturated carbocycles. The summed E-state index contributed by atoms with van der Waals surface area (Å²) in [5, 5.41) is 0. The molecule has 0 radical (unpaired) electrons. The van der Waals surface area contributed by atoms with Gasteiger partial charge in [0.05, 0.1) is 12.0 Å². The Balaban J connectivity index is 2.44. The zero-order chi connectivity index (χ0) is 10.6. The summed E-state index contributed by atoms with van der Waals surface area (Å²) < 4.78 is 2.15. The molecule has 14 heavy (non-hydrogen) atoms. The lowest BCUT2D eigenvalue weighted by Gasteiger charge is -2.17. The fourth-order valence-electron chi connectivity index (χ4n) is 1.27. The predicted molar refractivity (Wildman–Crippen MR) is 59.1 cm³/mol. The molecule has 0 aromatic carbocycles. The summed E-state index contributed by atoms with van der Waals surface area (Å²) in [6.45, 7) is 8.48. The van der Waals surface area contributed by atoms with Gasteiger partial charge in [0.1, 0.15) is 0 Å². The monoisotopic (exact) mass is 195 g/mol. The molecule has 0 saturated heterocycles. The number of nitrogens with two attached hydrogens (primary N) is 1. The molecule has 1 aromatic heterocycles. The fourth-order valence-corrected chi connectivity index (χ4v) is 1.27. The molecule has 2 N–H and O–H groups in total. The van der Waals surface area contributed by atoms with Crippen LogP contribution in [0.25, 0.3) is 0 Å². The number of aryl methyl sites for hydroxylation is 1. The molecule has 0 aliphatic carbocycles. The topological polar surface area (TPSA) is 43.8 Å². The predicted octanol–water partition coefficient (Wildman–Crippen LogP) is 1.82. The van der Waals surface area contributed by atoms with E-state index in [0.717, 1.165) is 18.7 Å². The van der Waals surface area contributed by atoms with Crippen LogP contribution in [0.5, 0.6) is 0 Å². The summed E-state index contributed by atoms with van der Waals surface area (Å²) >= 11 is 0. The van der Waals surface area contributed by atoms with E-state index in [4.69, 9.17) is 5.73 Å². The largest absolute Gasteiger partial charge is 0.337 e. The van der Waals surface area contributed by atoms with Crippen molar-refractivity contribution in [3.63, 3.8) is 0 Å². The summed E-state index contributed by atoms with van der Waals surface area (Å²) in [7, 11) is 0. The second kappa shape index (κ2) is 4.60. The maximum Gasteiger partial charge on any atom is 0.0949 e. The van der Waals surface area contributed by atoms with Gasteiger partial charge < -0.3 is 10.3 Å². The third-order valence-electron chi connectivity index (χ3n) is 2.21. The molecule has 0 spiro atoms. The van der Waals surface area contributed by atoms with Crippen LogP contribution in [0.1, 0.15) is 32.9 Å². The van der Waals surface area contributed by atoms with Gasteiger partial charge in [0, 0.05) is 19.2 Å². The first-order chi connectivity index (χ1) is 6.51. The molecule has 0 fully saturated rings. The van der Waals surface area contributed by atoms with Gasteiger partial charge in [-0.3, -0.25) is 0 Å². The van der Waals surface area contributed by atoms with E-state index < -0.39 is 0 Å². The number of nitrogens with zero attached hydrogens (tertiary/aromatic N) is 2. The Kier molecular flexibility index (Phi) is 3.69. The highest BCUT2D eigenvalue weighted by molar-refractivity contribution is 4.97. The Bertz CT molecular complexity index is 270. The Hall–Kier alpha value is -0.830. The van der Waals surface area contributed by atoms with Gasteiger partial charge in [-0.2, -0.15) is 0 Å². The molecule has 3 heteroatoms. The molecule has 1 rings (SSSR count). The molecule has 0 atom stereocenters. The maximum atomic E-state index is 5.46. The van der Waals surface area contributed by atoms with Crippen LogP contribution in [0.2, 0.25) is 0 Å². The zero-order valence-electron chi connectivity index (χ0n) is 9.45. The molecule has 0 bridgehead atoms. The first kappa shape index (κ1) is 11.2.